The number of aryl methyl sites for hydroxylation is 2. The quantitative estimate of drug-likeness (QED) is 0.858. The molecule has 98 valence electrons. The van der Waals surface area contributed by atoms with Crippen LogP contribution in [0.4, 0.5) is 0 Å². The first-order chi connectivity index (χ1) is 9.11. The van der Waals surface area contributed by atoms with Crippen LogP contribution in [0, 0.1) is 13.8 Å². The molecule has 1 N–H and O–H groups in total. The first-order valence-electron chi connectivity index (χ1n) is 6.62. The Kier molecular flexibility index (Phi) is 4.18. The Labute approximate surface area is 116 Å². The topological polar surface area (TPSA) is 12.0 Å². The maximum atomic E-state index is 4.17. The summed E-state index contributed by atoms with van der Waals surface area (Å²) in [5, 5.41) is 3.16. The first kappa shape index (κ1) is 13.6. The Balaban J connectivity index is 2.44. The maximum Gasteiger partial charge on any atom is 0.0202 e. The number of hydrogen-bond donors (Lipinski definition) is 1. The van der Waals surface area contributed by atoms with E-state index in [4.69, 9.17) is 0 Å². The van der Waals surface area contributed by atoms with Gasteiger partial charge in [0.15, 0.2) is 0 Å². The molecule has 0 radical (unpaired) electrons. The lowest BCUT2D eigenvalue weighted by Gasteiger charge is -2.12. The van der Waals surface area contributed by atoms with Crippen LogP contribution < -0.4 is 5.32 Å². The number of likely N-dealkylation sites (N-methyl/N-ethyl adjacent to an activating group) is 1. The van der Waals surface area contributed by atoms with Crippen molar-refractivity contribution in [2.45, 2.75) is 13.8 Å². The summed E-state index contributed by atoms with van der Waals surface area (Å²) < 4.78 is 0. The Hall–Kier alpha value is -1.86. The fraction of sp³-hybridized carbons (Fsp3) is 0.222. The third kappa shape index (κ3) is 3.12. The molecule has 2 rings (SSSR count). The smallest absolute Gasteiger partial charge is 0.0202 e. The van der Waals surface area contributed by atoms with Gasteiger partial charge in [-0.3, -0.25) is 0 Å². The van der Waals surface area contributed by atoms with Crippen LogP contribution in [0.25, 0.3) is 16.7 Å². The van der Waals surface area contributed by atoms with E-state index in [2.05, 4.69) is 68.2 Å². The van der Waals surface area contributed by atoms with Crippen LogP contribution in [-0.4, -0.2) is 13.6 Å². The predicted molar refractivity (Wildman–Crippen MR) is 84.3 cm³/mol. The van der Waals surface area contributed by atoms with Gasteiger partial charge in [0.25, 0.3) is 0 Å². The average Bonchev–Trinajstić information content (AvgIpc) is 2.39. The van der Waals surface area contributed by atoms with Crippen LogP contribution >= 0.6 is 0 Å². The lowest BCUT2D eigenvalue weighted by atomic mass is 9.95. The summed E-state index contributed by atoms with van der Waals surface area (Å²) in [6.07, 6.45) is 0. The highest BCUT2D eigenvalue weighted by Gasteiger charge is 2.05. The highest BCUT2D eigenvalue weighted by Crippen LogP contribution is 2.26. The second-order valence-corrected chi connectivity index (χ2v) is 5.03. The minimum atomic E-state index is 0.818. The third-order valence-electron chi connectivity index (χ3n) is 3.36. The Morgan fingerprint density at radius 3 is 2.47 bits per heavy atom. The van der Waals surface area contributed by atoms with E-state index in [1.165, 1.54) is 27.8 Å². The molecule has 0 saturated carbocycles. The van der Waals surface area contributed by atoms with E-state index in [1.807, 2.05) is 7.05 Å². The molecule has 2 aromatic rings. The van der Waals surface area contributed by atoms with Crippen molar-refractivity contribution in [3.63, 3.8) is 0 Å². The molecule has 2 aromatic carbocycles. The van der Waals surface area contributed by atoms with Gasteiger partial charge in [0.05, 0.1) is 0 Å². The minimum Gasteiger partial charge on any atom is -0.316 e. The number of nitrogens with one attached hydrogen (secondary N) is 1. The fourth-order valence-electron chi connectivity index (χ4n) is 2.32. The lowest BCUT2D eigenvalue weighted by Crippen LogP contribution is -2.09. The van der Waals surface area contributed by atoms with Crippen LogP contribution in [0.15, 0.2) is 49.0 Å². The standard InChI is InChI=1S/C18H21N/c1-13-6-5-7-16(10-13)17-9-8-14(2)18(11-17)15(3)12-19-4/h5-11,19H,3,12H2,1-2,4H3. The highest BCUT2D eigenvalue weighted by molar-refractivity contribution is 5.74. The Morgan fingerprint density at radius 2 is 1.79 bits per heavy atom. The second kappa shape index (κ2) is 5.85. The summed E-state index contributed by atoms with van der Waals surface area (Å²) in [6.45, 7) is 9.24. The largest absolute Gasteiger partial charge is 0.316 e. The Bertz CT molecular complexity index is 596. The van der Waals surface area contributed by atoms with Gasteiger partial charge in [-0.1, -0.05) is 48.5 Å². The van der Waals surface area contributed by atoms with E-state index in [0.717, 1.165) is 12.1 Å². The minimum absolute atomic E-state index is 0.818. The molecule has 0 bridgehead atoms. The fourth-order valence-corrected chi connectivity index (χ4v) is 2.32. The summed E-state index contributed by atoms with van der Waals surface area (Å²) in [6, 6.07) is 15.2. The molecule has 0 spiro atoms. The maximum absolute atomic E-state index is 4.17. The summed E-state index contributed by atoms with van der Waals surface area (Å²) in [4.78, 5) is 0. The van der Waals surface area contributed by atoms with Crippen molar-refractivity contribution in [2.24, 2.45) is 0 Å². The molecule has 0 atom stereocenters. The second-order valence-electron chi connectivity index (χ2n) is 5.03. The van der Waals surface area contributed by atoms with Crippen molar-refractivity contribution in [1.29, 1.82) is 0 Å². The van der Waals surface area contributed by atoms with E-state index < -0.39 is 0 Å². The van der Waals surface area contributed by atoms with Crippen molar-refractivity contribution in [3.05, 3.63) is 65.7 Å². The zero-order chi connectivity index (χ0) is 13.8. The van der Waals surface area contributed by atoms with E-state index in [0.29, 0.717) is 0 Å². The van der Waals surface area contributed by atoms with Gasteiger partial charge in [-0.05, 0) is 54.8 Å². The molecule has 0 saturated heterocycles. The normalized spacial score (nSPS) is 10.5. The van der Waals surface area contributed by atoms with Gasteiger partial charge >= 0.3 is 0 Å². The van der Waals surface area contributed by atoms with Crippen molar-refractivity contribution in [3.8, 4) is 11.1 Å². The van der Waals surface area contributed by atoms with E-state index in [9.17, 15) is 0 Å². The van der Waals surface area contributed by atoms with Gasteiger partial charge in [0.2, 0.25) is 0 Å². The van der Waals surface area contributed by atoms with E-state index in [1.54, 1.807) is 0 Å². The molecule has 0 aliphatic carbocycles. The molecule has 0 amide bonds. The van der Waals surface area contributed by atoms with Gasteiger partial charge in [0, 0.05) is 6.54 Å². The molecular weight excluding hydrogens is 230 g/mol. The van der Waals surface area contributed by atoms with Crippen molar-refractivity contribution < 1.29 is 0 Å². The average molecular weight is 251 g/mol. The summed E-state index contributed by atoms with van der Waals surface area (Å²) in [5.41, 5.74) is 7.45. The number of hydrogen-bond acceptors (Lipinski definition) is 1. The zero-order valence-corrected chi connectivity index (χ0v) is 12.0. The van der Waals surface area contributed by atoms with Crippen molar-refractivity contribution >= 4 is 5.57 Å². The first-order valence-corrected chi connectivity index (χ1v) is 6.62. The van der Waals surface area contributed by atoms with Gasteiger partial charge < -0.3 is 5.32 Å². The van der Waals surface area contributed by atoms with Gasteiger partial charge in [-0.25, -0.2) is 0 Å². The Morgan fingerprint density at radius 1 is 1.05 bits per heavy atom. The molecule has 0 heterocycles. The summed E-state index contributed by atoms with van der Waals surface area (Å²) in [7, 11) is 1.95. The third-order valence-corrected chi connectivity index (χ3v) is 3.36. The summed E-state index contributed by atoms with van der Waals surface area (Å²) >= 11 is 0. The number of rotatable bonds is 4. The SMILES string of the molecule is C=C(CNC)c1cc(-c2cccc(C)c2)ccc1C. The van der Waals surface area contributed by atoms with Crippen molar-refractivity contribution in [2.75, 3.05) is 13.6 Å². The monoisotopic (exact) mass is 251 g/mol. The van der Waals surface area contributed by atoms with Gasteiger partial charge in [-0.15, -0.1) is 0 Å². The molecule has 0 aromatic heterocycles. The summed E-state index contributed by atoms with van der Waals surface area (Å²) in [5.74, 6) is 0. The highest BCUT2D eigenvalue weighted by atomic mass is 14.8. The predicted octanol–water partition coefficient (Wildman–Crippen LogP) is 4.20. The molecule has 1 nitrogen and oxygen atoms in total. The zero-order valence-electron chi connectivity index (χ0n) is 12.0. The lowest BCUT2D eigenvalue weighted by molar-refractivity contribution is 0.932. The van der Waals surface area contributed by atoms with E-state index >= 15 is 0 Å². The van der Waals surface area contributed by atoms with Crippen LogP contribution in [0.1, 0.15) is 16.7 Å². The molecule has 0 aliphatic heterocycles. The van der Waals surface area contributed by atoms with E-state index in [-0.39, 0.29) is 0 Å². The van der Waals surface area contributed by atoms with Crippen LogP contribution in [0.2, 0.25) is 0 Å². The molecular formula is C18H21N. The molecule has 0 fully saturated rings. The molecule has 0 aliphatic rings. The molecule has 19 heavy (non-hydrogen) atoms. The van der Waals surface area contributed by atoms with Crippen LogP contribution in [-0.2, 0) is 0 Å². The molecule has 1 heteroatoms. The van der Waals surface area contributed by atoms with Crippen molar-refractivity contribution in [1.82, 2.24) is 5.32 Å². The van der Waals surface area contributed by atoms with Crippen LogP contribution in [0.5, 0.6) is 0 Å². The molecule has 0 unspecified atom stereocenters. The number of benzene rings is 2. The van der Waals surface area contributed by atoms with Crippen LogP contribution in [0.3, 0.4) is 0 Å². The van der Waals surface area contributed by atoms with Gasteiger partial charge in [-0.2, -0.15) is 0 Å². The van der Waals surface area contributed by atoms with Gasteiger partial charge in [0.1, 0.15) is 0 Å².